The van der Waals surface area contributed by atoms with E-state index in [4.69, 9.17) is 10.1 Å². The highest BCUT2D eigenvalue weighted by atomic mass is 16.5. The highest BCUT2D eigenvalue weighted by molar-refractivity contribution is 5.89. The monoisotopic (exact) mass is 189 g/mol. The minimum absolute atomic E-state index is 0.0827. The molecule has 2 heterocycles. The summed E-state index contributed by atoms with van der Waals surface area (Å²) in [5, 5.41) is 7.57. The first-order valence-electron chi connectivity index (χ1n) is 4.30. The first-order chi connectivity index (χ1) is 6.74. The van der Waals surface area contributed by atoms with Crippen LogP contribution in [0.4, 0.5) is 0 Å². The normalized spacial score (nSPS) is 10.4. The second-order valence-corrected chi connectivity index (χ2v) is 3.01. The Morgan fingerprint density at radius 1 is 1.50 bits per heavy atom. The lowest BCUT2D eigenvalue weighted by molar-refractivity contribution is 0.397. The van der Waals surface area contributed by atoms with Gasteiger partial charge >= 0.3 is 0 Å². The van der Waals surface area contributed by atoms with Gasteiger partial charge in [0.25, 0.3) is 5.90 Å². The van der Waals surface area contributed by atoms with E-state index in [1.54, 1.807) is 0 Å². The standard InChI is InChI=1S/C10H11N3O/c1-7-8-5-3-4-6-13(8)10(12-7)9(11)14-2/h3-6,11H,1-2H3. The van der Waals surface area contributed by atoms with Gasteiger partial charge in [0.05, 0.1) is 18.3 Å². The van der Waals surface area contributed by atoms with Gasteiger partial charge in [0.15, 0.2) is 0 Å². The van der Waals surface area contributed by atoms with Crippen LogP contribution in [0.15, 0.2) is 24.4 Å². The van der Waals surface area contributed by atoms with Crippen molar-refractivity contribution in [1.82, 2.24) is 9.38 Å². The van der Waals surface area contributed by atoms with Gasteiger partial charge in [-0.1, -0.05) is 6.07 Å². The van der Waals surface area contributed by atoms with Crippen LogP contribution in [0.2, 0.25) is 0 Å². The van der Waals surface area contributed by atoms with Gasteiger partial charge in [-0.15, -0.1) is 0 Å². The van der Waals surface area contributed by atoms with Crippen molar-refractivity contribution in [2.24, 2.45) is 0 Å². The zero-order valence-electron chi connectivity index (χ0n) is 8.11. The lowest BCUT2D eigenvalue weighted by atomic mass is 10.3. The van der Waals surface area contributed by atoms with Crippen LogP contribution in [-0.2, 0) is 4.74 Å². The molecular weight excluding hydrogens is 178 g/mol. The number of imidazole rings is 1. The van der Waals surface area contributed by atoms with Gasteiger partial charge in [0, 0.05) is 6.20 Å². The fourth-order valence-corrected chi connectivity index (χ4v) is 1.44. The molecule has 1 N–H and O–H groups in total. The molecule has 2 aromatic rings. The number of rotatable bonds is 1. The highest BCUT2D eigenvalue weighted by Crippen LogP contribution is 2.12. The molecule has 0 saturated heterocycles. The Morgan fingerprint density at radius 2 is 2.29 bits per heavy atom. The maximum absolute atomic E-state index is 7.57. The molecular formula is C10H11N3O. The lowest BCUT2D eigenvalue weighted by Crippen LogP contribution is -2.06. The first kappa shape index (κ1) is 8.74. The third-order valence-corrected chi connectivity index (χ3v) is 2.14. The third-order valence-electron chi connectivity index (χ3n) is 2.14. The molecule has 72 valence electrons. The molecule has 0 aliphatic rings. The van der Waals surface area contributed by atoms with Gasteiger partial charge in [-0.05, 0) is 19.1 Å². The van der Waals surface area contributed by atoms with Crippen molar-refractivity contribution in [2.75, 3.05) is 7.11 Å². The lowest BCUT2D eigenvalue weighted by Gasteiger charge is -2.00. The molecule has 0 unspecified atom stereocenters. The van der Waals surface area contributed by atoms with Crippen LogP contribution in [-0.4, -0.2) is 22.4 Å². The molecule has 4 heteroatoms. The van der Waals surface area contributed by atoms with E-state index in [0.29, 0.717) is 5.82 Å². The molecule has 14 heavy (non-hydrogen) atoms. The van der Waals surface area contributed by atoms with Crippen molar-refractivity contribution in [2.45, 2.75) is 6.92 Å². The zero-order valence-corrected chi connectivity index (χ0v) is 8.11. The number of nitrogens with one attached hydrogen (secondary N) is 1. The fraction of sp³-hybridized carbons (Fsp3) is 0.200. The van der Waals surface area contributed by atoms with Crippen molar-refractivity contribution in [3.63, 3.8) is 0 Å². The van der Waals surface area contributed by atoms with E-state index in [1.807, 2.05) is 35.7 Å². The Balaban J connectivity index is 2.72. The quantitative estimate of drug-likeness (QED) is 0.547. The van der Waals surface area contributed by atoms with Crippen molar-refractivity contribution in [3.05, 3.63) is 35.9 Å². The van der Waals surface area contributed by atoms with Crippen molar-refractivity contribution in [3.8, 4) is 0 Å². The number of hydrogen-bond donors (Lipinski definition) is 1. The van der Waals surface area contributed by atoms with Gasteiger partial charge in [0.1, 0.15) is 0 Å². The second kappa shape index (κ2) is 3.14. The average molecular weight is 189 g/mol. The summed E-state index contributed by atoms with van der Waals surface area (Å²) in [4.78, 5) is 4.27. The number of ether oxygens (including phenoxy) is 1. The van der Waals surface area contributed by atoms with E-state index in [9.17, 15) is 0 Å². The van der Waals surface area contributed by atoms with E-state index < -0.39 is 0 Å². The molecule has 4 nitrogen and oxygen atoms in total. The van der Waals surface area contributed by atoms with Crippen LogP contribution < -0.4 is 0 Å². The summed E-state index contributed by atoms with van der Waals surface area (Å²) in [6, 6.07) is 5.82. The number of aryl methyl sites for hydroxylation is 1. The van der Waals surface area contributed by atoms with Gasteiger partial charge in [0.2, 0.25) is 5.82 Å². The molecule has 0 atom stereocenters. The van der Waals surface area contributed by atoms with Crippen LogP contribution in [0.25, 0.3) is 5.52 Å². The first-order valence-corrected chi connectivity index (χ1v) is 4.30. The number of hydrogen-bond acceptors (Lipinski definition) is 3. The summed E-state index contributed by atoms with van der Waals surface area (Å²) in [5.41, 5.74) is 1.91. The van der Waals surface area contributed by atoms with Crippen LogP contribution in [0, 0.1) is 12.3 Å². The maximum Gasteiger partial charge on any atom is 0.250 e. The van der Waals surface area contributed by atoms with E-state index in [-0.39, 0.29) is 5.90 Å². The van der Waals surface area contributed by atoms with Crippen molar-refractivity contribution in [1.29, 1.82) is 5.41 Å². The summed E-state index contributed by atoms with van der Waals surface area (Å²) in [7, 11) is 1.47. The Kier molecular flexibility index (Phi) is 1.96. The molecule has 0 radical (unpaired) electrons. The van der Waals surface area contributed by atoms with E-state index >= 15 is 0 Å². The predicted octanol–water partition coefficient (Wildman–Crippen LogP) is 1.61. The van der Waals surface area contributed by atoms with Crippen LogP contribution in [0.1, 0.15) is 11.5 Å². The molecule has 0 aliphatic heterocycles. The van der Waals surface area contributed by atoms with E-state index in [0.717, 1.165) is 11.2 Å². The largest absolute Gasteiger partial charge is 0.479 e. The fourth-order valence-electron chi connectivity index (χ4n) is 1.44. The number of pyridine rings is 1. The molecule has 0 aliphatic carbocycles. The van der Waals surface area contributed by atoms with E-state index in [1.165, 1.54) is 7.11 Å². The molecule has 0 amide bonds. The summed E-state index contributed by atoms with van der Waals surface area (Å²) in [6.07, 6.45) is 1.87. The van der Waals surface area contributed by atoms with Gasteiger partial charge in [-0.2, -0.15) is 0 Å². The minimum atomic E-state index is 0.0827. The molecule has 0 bridgehead atoms. The zero-order chi connectivity index (χ0) is 10.1. The van der Waals surface area contributed by atoms with Crippen LogP contribution in [0.3, 0.4) is 0 Å². The van der Waals surface area contributed by atoms with Gasteiger partial charge in [-0.3, -0.25) is 9.81 Å². The summed E-state index contributed by atoms with van der Waals surface area (Å²) in [5.74, 6) is 0.625. The van der Waals surface area contributed by atoms with Crippen LogP contribution in [0.5, 0.6) is 0 Å². The van der Waals surface area contributed by atoms with Gasteiger partial charge < -0.3 is 4.74 Å². The Labute approximate surface area is 81.7 Å². The summed E-state index contributed by atoms with van der Waals surface area (Å²) >= 11 is 0. The number of nitrogens with zero attached hydrogens (tertiary/aromatic N) is 2. The van der Waals surface area contributed by atoms with Gasteiger partial charge in [-0.25, -0.2) is 4.98 Å². The highest BCUT2D eigenvalue weighted by Gasteiger charge is 2.11. The SMILES string of the molecule is COC(=N)c1nc(C)c2ccccn12. The van der Waals surface area contributed by atoms with Crippen molar-refractivity contribution < 1.29 is 4.74 Å². The second-order valence-electron chi connectivity index (χ2n) is 3.01. The Hall–Kier alpha value is -1.84. The molecule has 0 fully saturated rings. The number of fused-ring (bicyclic) bond motifs is 1. The van der Waals surface area contributed by atoms with Crippen molar-refractivity contribution >= 4 is 11.4 Å². The third kappa shape index (κ3) is 1.16. The molecule has 0 spiro atoms. The predicted molar refractivity (Wildman–Crippen MR) is 53.8 cm³/mol. The number of methoxy groups -OCH3 is 1. The Morgan fingerprint density at radius 3 is 3.00 bits per heavy atom. The number of aromatic nitrogens is 2. The molecule has 2 aromatic heterocycles. The average Bonchev–Trinajstić information content (AvgIpc) is 2.56. The Bertz CT molecular complexity index is 487. The summed E-state index contributed by atoms with van der Waals surface area (Å²) in [6.45, 7) is 1.92. The summed E-state index contributed by atoms with van der Waals surface area (Å²) < 4.78 is 6.71. The maximum atomic E-state index is 7.57. The van der Waals surface area contributed by atoms with Crippen LogP contribution >= 0.6 is 0 Å². The molecule has 2 rings (SSSR count). The van der Waals surface area contributed by atoms with E-state index in [2.05, 4.69) is 4.98 Å². The molecule has 0 aromatic carbocycles. The minimum Gasteiger partial charge on any atom is -0.479 e. The topological polar surface area (TPSA) is 50.4 Å². The molecule has 0 saturated carbocycles. The smallest absolute Gasteiger partial charge is 0.250 e.